The van der Waals surface area contributed by atoms with E-state index in [0.29, 0.717) is 6.61 Å². The zero-order valence-corrected chi connectivity index (χ0v) is 11.6. The SMILES string of the molecule is Cc1cc(NCc2ccc(OCCO)cc2)ccc1N. The number of hydrogen-bond acceptors (Lipinski definition) is 4. The summed E-state index contributed by atoms with van der Waals surface area (Å²) in [4.78, 5) is 0. The van der Waals surface area contributed by atoms with Crippen LogP contribution in [0.1, 0.15) is 11.1 Å². The van der Waals surface area contributed by atoms with E-state index in [9.17, 15) is 0 Å². The van der Waals surface area contributed by atoms with Crippen molar-refractivity contribution in [1.82, 2.24) is 0 Å². The van der Waals surface area contributed by atoms with Gasteiger partial charge < -0.3 is 20.9 Å². The topological polar surface area (TPSA) is 67.5 Å². The molecule has 0 aliphatic carbocycles. The number of aliphatic hydroxyl groups is 1. The predicted octanol–water partition coefficient (Wildman–Crippen LogP) is 2.56. The van der Waals surface area contributed by atoms with Crippen molar-refractivity contribution in [3.05, 3.63) is 53.6 Å². The number of aryl methyl sites for hydroxylation is 1. The Bertz CT molecular complexity index is 553. The second kappa shape index (κ2) is 6.82. The lowest BCUT2D eigenvalue weighted by atomic mass is 10.1. The normalized spacial score (nSPS) is 10.3. The molecule has 2 aromatic carbocycles. The van der Waals surface area contributed by atoms with E-state index >= 15 is 0 Å². The maximum atomic E-state index is 8.69. The largest absolute Gasteiger partial charge is 0.491 e. The molecule has 0 amide bonds. The second-order valence-corrected chi connectivity index (χ2v) is 4.64. The number of benzene rings is 2. The molecule has 2 rings (SSSR count). The molecular formula is C16H20N2O2. The van der Waals surface area contributed by atoms with Gasteiger partial charge in [-0.05, 0) is 48.4 Å². The van der Waals surface area contributed by atoms with E-state index in [-0.39, 0.29) is 6.61 Å². The first kappa shape index (κ1) is 14.2. The lowest BCUT2D eigenvalue weighted by Gasteiger charge is -2.09. The van der Waals surface area contributed by atoms with Crippen LogP contribution in [0.4, 0.5) is 11.4 Å². The summed E-state index contributed by atoms with van der Waals surface area (Å²) in [6.07, 6.45) is 0. The molecule has 0 radical (unpaired) electrons. The number of ether oxygens (including phenoxy) is 1. The quantitative estimate of drug-likeness (QED) is 0.707. The van der Waals surface area contributed by atoms with Gasteiger partial charge in [-0.2, -0.15) is 0 Å². The lowest BCUT2D eigenvalue weighted by molar-refractivity contribution is 0.201. The number of nitrogens with one attached hydrogen (secondary N) is 1. The summed E-state index contributed by atoms with van der Waals surface area (Å²) >= 11 is 0. The van der Waals surface area contributed by atoms with Crippen molar-refractivity contribution < 1.29 is 9.84 Å². The molecule has 2 aromatic rings. The van der Waals surface area contributed by atoms with Crippen molar-refractivity contribution in [3.63, 3.8) is 0 Å². The van der Waals surface area contributed by atoms with Gasteiger partial charge in [0.15, 0.2) is 0 Å². The van der Waals surface area contributed by atoms with Crippen molar-refractivity contribution in [2.45, 2.75) is 13.5 Å². The van der Waals surface area contributed by atoms with Crippen LogP contribution in [-0.2, 0) is 6.54 Å². The molecule has 0 fully saturated rings. The fraction of sp³-hybridized carbons (Fsp3) is 0.250. The highest BCUT2D eigenvalue weighted by atomic mass is 16.5. The minimum Gasteiger partial charge on any atom is -0.491 e. The van der Waals surface area contributed by atoms with E-state index in [2.05, 4.69) is 5.32 Å². The molecule has 0 aliphatic rings. The maximum Gasteiger partial charge on any atom is 0.119 e. The average Bonchev–Trinajstić information content (AvgIpc) is 2.47. The summed E-state index contributed by atoms with van der Waals surface area (Å²) in [7, 11) is 0. The summed E-state index contributed by atoms with van der Waals surface area (Å²) in [6, 6.07) is 13.7. The maximum absolute atomic E-state index is 8.69. The number of hydrogen-bond donors (Lipinski definition) is 3. The molecule has 0 atom stereocenters. The summed E-state index contributed by atoms with van der Waals surface area (Å²) in [5.41, 5.74) is 9.89. The van der Waals surface area contributed by atoms with Crippen LogP contribution in [0.3, 0.4) is 0 Å². The Morgan fingerprint density at radius 2 is 1.90 bits per heavy atom. The summed E-state index contributed by atoms with van der Waals surface area (Å²) in [5, 5.41) is 12.0. The van der Waals surface area contributed by atoms with Crippen LogP contribution in [0.5, 0.6) is 5.75 Å². The average molecular weight is 272 g/mol. The van der Waals surface area contributed by atoms with Gasteiger partial charge in [0.25, 0.3) is 0 Å². The Hall–Kier alpha value is -2.20. The van der Waals surface area contributed by atoms with Gasteiger partial charge in [0.05, 0.1) is 6.61 Å². The van der Waals surface area contributed by atoms with Crippen LogP contribution in [0, 0.1) is 6.92 Å². The smallest absolute Gasteiger partial charge is 0.119 e. The molecule has 0 saturated carbocycles. The van der Waals surface area contributed by atoms with Crippen LogP contribution >= 0.6 is 0 Å². The third-order valence-electron chi connectivity index (χ3n) is 3.05. The number of nitrogens with two attached hydrogens (primary N) is 1. The zero-order chi connectivity index (χ0) is 14.4. The van der Waals surface area contributed by atoms with Gasteiger partial charge in [-0.3, -0.25) is 0 Å². The Balaban J connectivity index is 1.91. The fourth-order valence-corrected chi connectivity index (χ4v) is 1.86. The van der Waals surface area contributed by atoms with Gasteiger partial charge in [-0.15, -0.1) is 0 Å². The van der Waals surface area contributed by atoms with Gasteiger partial charge in [0, 0.05) is 17.9 Å². The van der Waals surface area contributed by atoms with E-state index < -0.39 is 0 Å². The zero-order valence-electron chi connectivity index (χ0n) is 11.6. The molecule has 0 saturated heterocycles. The number of rotatable bonds is 6. The number of anilines is 2. The van der Waals surface area contributed by atoms with Crippen molar-refractivity contribution in [2.24, 2.45) is 0 Å². The minimum atomic E-state index is 0.0276. The van der Waals surface area contributed by atoms with Gasteiger partial charge in [0.2, 0.25) is 0 Å². The molecule has 4 N–H and O–H groups in total. The summed E-state index contributed by atoms with van der Waals surface area (Å²) in [5.74, 6) is 0.770. The molecule has 4 heteroatoms. The molecule has 0 aliphatic heterocycles. The van der Waals surface area contributed by atoms with Crippen molar-refractivity contribution in [3.8, 4) is 5.75 Å². The van der Waals surface area contributed by atoms with Gasteiger partial charge in [-0.25, -0.2) is 0 Å². The van der Waals surface area contributed by atoms with Crippen LogP contribution in [0.15, 0.2) is 42.5 Å². The Morgan fingerprint density at radius 1 is 1.15 bits per heavy atom. The lowest BCUT2D eigenvalue weighted by Crippen LogP contribution is -2.02. The van der Waals surface area contributed by atoms with Gasteiger partial charge in [-0.1, -0.05) is 12.1 Å². The summed E-state index contributed by atoms with van der Waals surface area (Å²) in [6.45, 7) is 3.08. The van der Waals surface area contributed by atoms with Crippen molar-refractivity contribution >= 4 is 11.4 Å². The first-order valence-corrected chi connectivity index (χ1v) is 6.61. The van der Waals surface area contributed by atoms with Crippen molar-refractivity contribution in [1.29, 1.82) is 0 Å². The first-order valence-electron chi connectivity index (χ1n) is 6.61. The Kier molecular flexibility index (Phi) is 4.85. The Labute approximate surface area is 119 Å². The molecule has 0 bridgehead atoms. The predicted molar refractivity (Wildman–Crippen MR) is 81.9 cm³/mol. The minimum absolute atomic E-state index is 0.0276. The molecule has 0 heterocycles. The van der Waals surface area contributed by atoms with E-state index in [1.54, 1.807) is 0 Å². The third-order valence-corrected chi connectivity index (χ3v) is 3.05. The molecule has 106 valence electrons. The highest BCUT2D eigenvalue weighted by Crippen LogP contribution is 2.18. The number of aliphatic hydroxyl groups excluding tert-OH is 1. The second-order valence-electron chi connectivity index (χ2n) is 4.64. The van der Waals surface area contributed by atoms with E-state index in [1.807, 2.05) is 49.4 Å². The molecule has 0 spiro atoms. The molecule has 20 heavy (non-hydrogen) atoms. The molecule has 4 nitrogen and oxygen atoms in total. The highest BCUT2D eigenvalue weighted by molar-refractivity contribution is 5.56. The standard InChI is InChI=1S/C16H20N2O2/c1-12-10-14(4-7-16(12)17)18-11-13-2-5-15(6-3-13)20-9-8-19/h2-7,10,18-19H,8-9,11,17H2,1H3. The third kappa shape index (κ3) is 3.90. The fourth-order valence-electron chi connectivity index (χ4n) is 1.86. The van der Waals surface area contributed by atoms with Gasteiger partial charge >= 0.3 is 0 Å². The number of nitrogen functional groups attached to an aromatic ring is 1. The highest BCUT2D eigenvalue weighted by Gasteiger charge is 1.98. The monoisotopic (exact) mass is 272 g/mol. The molecule has 0 aromatic heterocycles. The summed E-state index contributed by atoms with van der Waals surface area (Å²) < 4.78 is 5.32. The van der Waals surface area contributed by atoms with Crippen LogP contribution in [0.25, 0.3) is 0 Å². The van der Waals surface area contributed by atoms with Crippen molar-refractivity contribution in [2.75, 3.05) is 24.3 Å². The van der Waals surface area contributed by atoms with Crippen LogP contribution < -0.4 is 15.8 Å². The van der Waals surface area contributed by atoms with Crippen LogP contribution in [0.2, 0.25) is 0 Å². The molecular weight excluding hydrogens is 252 g/mol. The first-order chi connectivity index (χ1) is 9.69. The molecule has 0 unspecified atom stereocenters. The van der Waals surface area contributed by atoms with E-state index in [1.165, 1.54) is 0 Å². The van der Waals surface area contributed by atoms with Gasteiger partial charge in [0.1, 0.15) is 12.4 Å². The van der Waals surface area contributed by atoms with E-state index in [0.717, 1.165) is 34.8 Å². The van der Waals surface area contributed by atoms with E-state index in [4.69, 9.17) is 15.6 Å². The van der Waals surface area contributed by atoms with Crippen LogP contribution in [-0.4, -0.2) is 18.3 Å². The Morgan fingerprint density at radius 3 is 2.55 bits per heavy atom.